The molecule has 0 aromatic heterocycles. The Hall–Kier alpha value is -1.26. The zero-order valence-corrected chi connectivity index (χ0v) is 13.8. The van der Waals surface area contributed by atoms with Gasteiger partial charge in [-0.2, -0.15) is 0 Å². The molecule has 2 rings (SSSR count). The first-order chi connectivity index (χ1) is 9.99. The number of quaternary nitrogens is 1. The molecular formula is C16H25ClN3O+. The number of benzene rings is 1. The summed E-state index contributed by atoms with van der Waals surface area (Å²) < 4.78 is 0. The van der Waals surface area contributed by atoms with Crippen molar-refractivity contribution in [3.05, 3.63) is 29.3 Å². The minimum atomic E-state index is 0.000736. The summed E-state index contributed by atoms with van der Waals surface area (Å²) in [6, 6.07) is 8.14. The molecule has 1 amide bonds. The average molecular weight is 311 g/mol. The maximum absolute atomic E-state index is 12.1. The molecule has 1 aliphatic heterocycles. The van der Waals surface area contributed by atoms with E-state index in [1.165, 1.54) is 4.90 Å². The van der Waals surface area contributed by atoms with Crippen molar-refractivity contribution < 1.29 is 9.69 Å². The van der Waals surface area contributed by atoms with Crippen LogP contribution in [0.15, 0.2) is 24.3 Å². The van der Waals surface area contributed by atoms with E-state index in [0.717, 1.165) is 36.9 Å². The topological polar surface area (TPSA) is 36.8 Å². The quantitative estimate of drug-likeness (QED) is 0.869. The maximum Gasteiger partial charge on any atom is 0.278 e. The molecule has 0 spiro atoms. The van der Waals surface area contributed by atoms with Gasteiger partial charge in [0.2, 0.25) is 0 Å². The third kappa shape index (κ3) is 4.11. The van der Waals surface area contributed by atoms with Crippen molar-refractivity contribution in [3.63, 3.8) is 0 Å². The summed E-state index contributed by atoms with van der Waals surface area (Å²) >= 11 is 6.25. The molecule has 21 heavy (non-hydrogen) atoms. The Kier molecular flexibility index (Phi) is 5.48. The monoisotopic (exact) mass is 310 g/mol. The Balaban J connectivity index is 1.91. The molecule has 0 saturated carbocycles. The molecule has 0 radical (unpaired) electrons. The van der Waals surface area contributed by atoms with Crippen molar-refractivity contribution in [2.75, 3.05) is 31.1 Å². The first-order valence-corrected chi connectivity index (χ1v) is 8.01. The van der Waals surface area contributed by atoms with E-state index in [2.05, 4.69) is 16.3 Å². The van der Waals surface area contributed by atoms with Gasteiger partial charge < -0.3 is 15.1 Å². The Morgan fingerprint density at radius 1 is 1.24 bits per heavy atom. The number of para-hydroxylation sites is 1. The summed E-state index contributed by atoms with van der Waals surface area (Å²) in [5, 5.41) is 3.80. The van der Waals surface area contributed by atoms with E-state index in [4.69, 9.17) is 11.6 Å². The van der Waals surface area contributed by atoms with Crippen LogP contribution in [0.25, 0.3) is 0 Å². The van der Waals surface area contributed by atoms with Crippen LogP contribution in [0.1, 0.15) is 20.8 Å². The lowest BCUT2D eigenvalue weighted by atomic mass is 10.2. The van der Waals surface area contributed by atoms with Gasteiger partial charge in [-0.15, -0.1) is 0 Å². The van der Waals surface area contributed by atoms with Crippen LogP contribution >= 0.6 is 11.6 Å². The Morgan fingerprint density at radius 3 is 2.43 bits per heavy atom. The Bertz CT molecular complexity index is 484. The lowest BCUT2D eigenvalue weighted by Gasteiger charge is -2.36. The van der Waals surface area contributed by atoms with Crippen LogP contribution in [0.5, 0.6) is 0 Å². The van der Waals surface area contributed by atoms with Crippen LogP contribution in [0.3, 0.4) is 0 Å². The highest BCUT2D eigenvalue weighted by Gasteiger charge is 2.29. The number of nitrogens with zero attached hydrogens (tertiary/aromatic N) is 1. The van der Waals surface area contributed by atoms with Crippen LogP contribution in [0, 0.1) is 0 Å². The van der Waals surface area contributed by atoms with Crippen LogP contribution in [-0.4, -0.2) is 44.2 Å². The fraction of sp³-hybridized carbons (Fsp3) is 0.562. The van der Waals surface area contributed by atoms with Gasteiger partial charge in [-0.05, 0) is 32.9 Å². The van der Waals surface area contributed by atoms with Crippen LogP contribution in [0.4, 0.5) is 5.69 Å². The summed E-state index contributed by atoms with van der Waals surface area (Å²) in [4.78, 5) is 15.7. The summed E-state index contributed by atoms with van der Waals surface area (Å²) in [6.45, 7) is 9.77. The van der Waals surface area contributed by atoms with Gasteiger partial charge in [0.1, 0.15) is 0 Å². The SMILES string of the molecule is CC(C)NC(=O)[C@H](C)[NH+]1CCN(c2ccccc2Cl)CC1. The van der Waals surface area contributed by atoms with Crippen molar-refractivity contribution in [3.8, 4) is 0 Å². The first-order valence-electron chi connectivity index (χ1n) is 7.63. The van der Waals surface area contributed by atoms with Gasteiger partial charge in [0.05, 0.1) is 36.9 Å². The van der Waals surface area contributed by atoms with Gasteiger partial charge in [-0.25, -0.2) is 0 Å². The van der Waals surface area contributed by atoms with E-state index >= 15 is 0 Å². The lowest BCUT2D eigenvalue weighted by molar-refractivity contribution is -0.914. The van der Waals surface area contributed by atoms with Crippen molar-refractivity contribution in [1.29, 1.82) is 0 Å². The molecule has 5 heteroatoms. The van der Waals surface area contributed by atoms with Crippen LogP contribution < -0.4 is 15.1 Å². The van der Waals surface area contributed by atoms with E-state index in [9.17, 15) is 4.79 Å². The summed E-state index contributed by atoms with van der Waals surface area (Å²) in [5.74, 6) is 0.145. The molecular weight excluding hydrogens is 286 g/mol. The second-order valence-corrected chi connectivity index (χ2v) is 6.39. The predicted molar refractivity (Wildman–Crippen MR) is 87.1 cm³/mol. The summed E-state index contributed by atoms with van der Waals surface area (Å²) in [6.07, 6.45) is 0. The lowest BCUT2D eigenvalue weighted by Crippen LogP contribution is -3.19. The third-order valence-corrected chi connectivity index (χ3v) is 4.36. The first kappa shape index (κ1) is 16.1. The highest BCUT2D eigenvalue weighted by atomic mass is 35.5. The van der Waals surface area contributed by atoms with Gasteiger partial charge in [0.25, 0.3) is 5.91 Å². The number of anilines is 1. The molecule has 1 aliphatic rings. The molecule has 1 saturated heterocycles. The van der Waals surface area contributed by atoms with Crippen LogP contribution in [-0.2, 0) is 4.79 Å². The number of carbonyl (C=O) groups is 1. The molecule has 1 aromatic carbocycles. The van der Waals surface area contributed by atoms with Gasteiger partial charge in [0, 0.05) is 6.04 Å². The second kappa shape index (κ2) is 7.14. The Labute approximate surface area is 132 Å². The number of amides is 1. The van der Waals surface area contributed by atoms with E-state index in [0.29, 0.717) is 0 Å². The fourth-order valence-corrected chi connectivity index (χ4v) is 3.03. The van der Waals surface area contributed by atoms with E-state index in [1.54, 1.807) is 0 Å². The maximum atomic E-state index is 12.1. The largest absolute Gasteiger partial charge is 0.359 e. The number of hydrogen-bond acceptors (Lipinski definition) is 2. The van der Waals surface area contributed by atoms with Crippen molar-refractivity contribution >= 4 is 23.2 Å². The number of halogens is 1. The molecule has 116 valence electrons. The van der Waals surface area contributed by atoms with E-state index in [-0.39, 0.29) is 18.0 Å². The summed E-state index contributed by atoms with van der Waals surface area (Å²) in [5.41, 5.74) is 1.09. The van der Waals surface area contributed by atoms with E-state index in [1.807, 2.05) is 39.0 Å². The molecule has 0 bridgehead atoms. The zero-order valence-electron chi connectivity index (χ0n) is 13.0. The minimum absolute atomic E-state index is 0.000736. The molecule has 0 aliphatic carbocycles. The third-order valence-electron chi connectivity index (χ3n) is 4.04. The molecule has 2 N–H and O–H groups in total. The molecule has 1 atom stereocenters. The normalized spacial score (nSPS) is 17.9. The zero-order chi connectivity index (χ0) is 15.4. The molecule has 1 heterocycles. The van der Waals surface area contributed by atoms with Crippen LogP contribution in [0.2, 0.25) is 5.02 Å². The number of piperazine rings is 1. The van der Waals surface area contributed by atoms with Crippen molar-refractivity contribution in [2.45, 2.75) is 32.9 Å². The smallest absolute Gasteiger partial charge is 0.278 e. The highest BCUT2D eigenvalue weighted by Crippen LogP contribution is 2.24. The minimum Gasteiger partial charge on any atom is -0.359 e. The van der Waals surface area contributed by atoms with Gasteiger partial charge >= 0.3 is 0 Å². The van der Waals surface area contributed by atoms with Crippen molar-refractivity contribution in [1.82, 2.24) is 5.32 Å². The Morgan fingerprint density at radius 2 is 1.86 bits per heavy atom. The second-order valence-electron chi connectivity index (χ2n) is 5.98. The molecule has 4 nitrogen and oxygen atoms in total. The predicted octanol–water partition coefficient (Wildman–Crippen LogP) is 0.958. The van der Waals surface area contributed by atoms with Crippen molar-refractivity contribution in [2.24, 2.45) is 0 Å². The standard InChI is InChI=1S/C16H24ClN3O/c1-12(2)18-16(21)13(3)19-8-10-20(11-9-19)15-7-5-4-6-14(15)17/h4-7,12-13H,8-11H2,1-3H3,(H,18,21)/p+1/t13-/m0/s1. The van der Waals surface area contributed by atoms with Gasteiger partial charge in [-0.1, -0.05) is 23.7 Å². The molecule has 0 unspecified atom stereocenters. The van der Waals surface area contributed by atoms with Gasteiger partial charge in [-0.3, -0.25) is 4.79 Å². The highest BCUT2D eigenvalue weighted by molar-refractivity contribution is 6.33. The van der Waals surface area contributed by atoms with E-state index < -0.39 is 0 Å². The number of rotatable bonds is 4. The average Bonchev–Trinajstić information content (AvgIpc) is 2.46. The summed E-state index contributed by atoms with van der Waals surface area (Å²) in [7, 11) is 0. The fourth-order valence-electron chi connectivity index (χ4n) is 2.77. The molecule has 1 aromatic rings. The van der Waals surface area contributed by atoms with Gasteiger partial charge in [0.15, 0.2) is 6.04 Å². The number of nitrogens with one attached hydrogen (secondary N) is 2. The molecule has 1 fully saturated rings. The number of carbonyl (C=O) groups excluding carboxylic acids is 1. The number of hydrogen-bond donors (Lipinski definition) is 2.